The Labute approximate surface area is 95.8 Å². The summed E-state index contributed by atoms with van der Waals surface area (Å²) in [7, 11) is 1.62. The minimum atomic E-state index is 0.117. The maximum Gasteiger partial charge on any atom is 0.227 e. The van der Waals surface area contributed by atoms with Crippen LogP contribution in [-0.2, 0) is 11.2 Å². The SMILES string of the molecule is CCc1ccc(OC)c(NC(=O)C2CC2)c1. The van der Waals surface area contributed by atoms with Gasteiger partial charge < -0.3 is 10.1 Å². The van der Waals surface area contributed by atoms with Crippen molar-refractivity contribution in [1.29, 1.82) is 0 Å². The lowest BCUT2D eigenvalue weighted by molar-refractivity contribution is -0.117. The molecule has 2 rings (SSSR count). The van der Waals surface area contributed by atoms with Crippen molar-refractivity contribution in [3.63, 3.8) is 0 Å². The van der Waals surface area contributed by atoms with Crippen LogP contribution in [0.25, 0.3) is 0 Å². The van der Waals surface area contributed by atoms with Gasteiger partial charge in [-0.15, -0.1) is 0 Å². The van der Waals surface area contributed by atoms with E-state index >= 15 is 0 Å². The van der Waals surface area contributed by atoms with Crippen LogP contribution in [0, 0.1) is 5.92 Å². The first-order valence-corrected chi connectivity index (χ1v) is 5.72. The van der Waals surface area contributed by atoms with Crippen LogP contribution >= 0.6 is 0 Å². The molecule has 1 N–H and O–H groups in total. The lowest BCUT2D eigenvalue weighted by Gasteiger charge is -2.11. The van der Waals surface area contributed by atoms with E-state index in [0.717, 1.165) is 30.7 Å². The number of methoxy groups -OCH3 is 1. The first-order chi connectivity index (χ1) is 7.74. The van der Waals surface area contributed by atoms with Crippen molar-refractivity contribution in [2.75, 3.05) is 12.4 Å². The maximum atomic E-state index is 11.7. The largest absolute Gasteiger partial charge is 0.495 e. The van der Waals surface area contributed by atoms with Gasteiger partial charge >= 0.3 is 0 Å². The predicted molar refractivity (Wildman–Crippen MR) is 63.7 cm³/mol. The minimum Gasteiger partial charge on any atom is -0.495 e. The highest BCUT2D eigenvalue weighted by molar-refractivity contribution is 5.95. The van der Waals surface area contributed by atoms with Gasteiger partial charge in [-0.2, -0.15) is 0 Å². The molecule has 1 fully saturated rings. The van der Waals surface area contributed by atoms with Crippen LogP contribution in [0.2, 0.25) is 0 Å². The Bertz CT molecular complexity index is 397. The van der Waals surface area contributed by atoms with Crippen molar-refractivity contribution in [2.45, 2.75) is 26.2 Å². The fourth-order valence-corrected chi connectivity index (χ4v) is 1.65. The summed E-state index contributed by atoms with van der Waals surface area (Å²) in [6.07, 6.45) is 2.99. The van der Waals surface area contributed by atoms with Gasteiger partial charge in [-0.1, -0.05) is 13.0 Å². The van der Waals surface area contributed by atoms with Gasteiger partial charge in [0, 0.05) is 5.92 Å². The molecule has 0 bridgehead atoms. The zero-order valence-electron chi connectivity index (χ0n) is 9.75. The number of nitrogens with one attached hydrogen (secondary N) is 1. The molecule has 1 aliphatic rings. The number of ether oxygens (including phenoxy) is 1. The number of rotatable bonds is 4. The van der Waals surface area contributed by atoms with Gasteiger partial charge in [0.1, 0.15) is 5.75 Å². The third kappa shape index (κ3) is 2.35. The quantitative estimate of drug-likeness (QED) is 0.845. The molecule has 1 amide bonds. The van der Waals surface area contributed by atoms with E-state index in [1.807, 2.05) is 18.2 Å². The fourth-order valence-electron chi connectivity index (χ4n) is 1.65. The maximum absolute atomic E-state index is 11.7. The van der Waals surface area contributed by atoms with Crippen molar-refractivity contribution in [2.24, 2.45) is 5.92 Å². The highest BCUT2D eigenvalue weighted by Gasteiger charge is 2.30. The monoisotopic (exact) mass is 219 g/mol. The number of aryl methyl sites for hydroxylation is 1. The Morgan fingerprint density at radius 2 is 2.25 bits per heavy atom. The molecule has 16 heavy (non-hydrogen) atoms. The van der Waals surface area contributed by atoms with Crippen molar-refractivity contribution in [1.82, 2.24) is 0 Å². The molecule has 3 nitrogen and oxygen atoms in total. The van der Waals surface area contributed by atoms with Gasteiger partial charge in [-0.05, 0) is 37.0 Å². The van der Waals surface area contributed by atoms with E-state index in [2.05, 4.69) is 12.2 Å². The van der Waals surface area contributed by atoms with Gasteiger partial charge in [0.25, 0.3) is 0 Å². The molecule has 0 heterocycles. The second kappa shape index (κ2) is 4.56. The molecule has 1 aliphatic carbocycles. The van der Waals surface area contributed by atoms with Crippen LogP contribution in [-0.4, -0.2) is 13.0 Å². The summed E-state index contributed by atoms with van der Waals surface area (Å²) in [6.45, 7) is 2.09. The summed E-state index contributed by atoms with van der Waals surface area (Å²) in [5, 5.41) is 2.93. The van der Waals surface area contributed by atoms with E-state index in [4.69, 9.17) is 4.74 Å². The average Bonchev–Trinajstić information content (AvgIpc) is 3.12. The minimum absolute atomic E-state index is 0.117. The van der Waals surface area contributed by atoms with Crippen LogP contribution in [0.15, 0.2) is 18.2 Å². The number of anilines is 1. The van der Waals surface area contributed by atoms with Crippen LogP contribution < -0.4 is 10.1 Å². The predicted octanol–water partition coefficient (Wildman–Crippen LogP) is 2.61. The van der Waals surface area contributed by atoms with Crippen molar-refractivity contribution < 1.29 is 9.53 Å². The van der Waals surface area contributed by atoms with Crippen LogP contribution in [0.3, 0.4) is 0 Å². The standard InChI is InChI=1S/C13H17NO2/c1-3-9-4-7-12(16-2)11(8-9)14-13(15)10-5-6-10/h4,7-8,10H,3,5-6H2,1-2H3,(H,14,15). The number of amides is 1. The molecule has 0 saturated heterocycles. The smallest absolute Gasteiger partial charge is 0.227 e. The topological polar surface area (TPSA) is 38.3 Å². The first-order valence-electron chi connectivity index (χ1n) is 5.72. The summed E-state index contributed by atoms with van der Waals surface area (Å²) in [4.78, 5) is 11.7. The van der Waals surface area contributed by atoms with Gasteiger partial charge in [0.15, 0.2) is 0 Å². The summed E-state index contributed by atoms with van der Waals surface area (Å²) < 4.78 is 5.23. The molecular formula is C13H17NO2. The van der Waals surface area contributed by atoms with E-state index in [0.29, 0.717) is 0 Å². The molecule has 3 heteroatoms. The zero-order chi connectivity index (χ0) is 11.5. The second-order valence-corrected chi connectivity index (χ2v) is 4.15. The fraction of sp³-hybridized carbons (Fsp3) is 0.462. The molecule has 1 saturated carbocycles. The van der Waals surface area contributed by atoms with E-state index in [1.165, 1.54) is 5.56 Å². The molecule has 1 aromatic carbocycles. The Morgan fingerprint density at radius 1 is 1.50 bits per heavy atom. The van der Waals surface area contributed by atoms with E-state index in [9.17, 15) is 4.79 Å². The van der Waals surface area contributed by atoms with E-state index in [1.54, 1.807) is 7.11 Å². The molecule has 0 spiro atoms. The molecule has 0 aromatic heterocycles. The van der Waals surface area contributed by atoms with Crippen molar-refractivity contribution >= 4 is 11.6 Å². The molecule has 0 radical (unpaired) electrons. The number of hydrogen-bond donors (Lipinski definition) is 1. The molecule has 0 atom stereocenters. The lowest BCUT2D eigenvalue weighted by atomic mass is 10.1. The summed E-state index contributed by atoms with van der Waals surface area (Å²) in [5.41, 5.74) is 1.99. The molecule has 86 valence electrons. The van der Waals surface area contributed by atoms with E-state index in [-0.39, 0.29) is 11.8 Å². The van der Waals surface area contributed by atoms with Gasteiger partial charge in [-0.25, -0.2) is 0 Å². The van der Waals surface area contributed by atoms with Crippen LogP contribution in [0.5, 0.6) is 5.75 Å². The first kappa shape index (κ1) is 11.0. The highest BCUT2D eigenvalue weighted by Crippen LogP contribution is 2.32. The zero-order valence-corrected chi connectivity index (χ0v) is 9.75. The van der Waals surface area contributed by atoms with Gasteiger partial charge in [0.05, 0.1) is 12.8 Å². The third-order valence-corrected chi connectivity index (χ3v) is 2.88. The van der Waals surface area contributed by atoms with Crippen LogP contribution in [0.4, 0.5) is 5.69 Å². The summed E-state index contributed by atoms with van der Waals surface area (Å²) in [6, 6.07) is 5.91. The highest BCUT2D eigenvalue weighted by atomic mass is 16.5. The van der Waals surface area contributed by atoms with E-state index < -0.39 is 0 Å². The summed E-state index contributed by atoms with van der Waals surface area (Å²) in [5.74, 6) is 1.06. The Morgan fingerprint density at radius 3 is 2.81 bits per heavy atom. The second-order valence-electron chi connectivity index (χ2n) is 4.15. The Hall–Kier alpha value is -1.51. The normalized spacial score (nSPS) is 14.6. The number of hydrogen-bond acceptors (Lipinski definition) is 2. The molecule has 1 aromatic rings. The Kier molecular flexibility index (Phi) is 3.13. The number of carbonyl (C=O) groups excluding carboxylic acids is 1. The van der Waals surface area contributed by atoms with Gasteiger partial charge in [0.2, 0.25) is 5.91 Å². The van der Waals surface area contributed by atoms with Crippen LogP contribution in [0.1, 0.15) is 25.3 Å². The lowest BCUT2D eigenvalue weighted by Crippen LogP contribution is -2.14. The molecule has 0 aliphatic heterocycles. The number of carbonyl (C=O) groups is 1. The van der Waals surface area contributed by atoms with Crippen molar-refractivity contribution in [3.8, 4) is 5.75 Å². The third-order valence-electron chi connectivity index (χ3n) is 2.88. The summed E-state index contributed by atoms with van der Waals surface area (Å²) >= 11 is 0. The molecular weight excluding hydrogens is 202 g/mol. The van der Waals surface area contributed by atoms with Crippen molar-refractivity contribution in [3.05, 3.63) is 23.8 Å². The van der Waals surface area contributed by atoms with Gasteiger partial charge in [-0.3, -0.25) is 4.79 Å². The molecule has 0 unspecified atom stereocenters. The Balaban J connectivity index is 2.18. The average molecular weight is 219 g/mol. The number of benzene rings is 1.